The molecule has 0 aromatic heterocycles. The van der Waals surface area contributed by atoms with E-state index in [-0.39, 0.29) is 37.7 Å². The summed E-state index contributed by atoms with van der Waals surface area (Å²) in [5.41, 5.74) is 3.00. The number of carboxylic acid groups (broad SMARTS) is 1. The minimum atomic E-state index is -0.957. The Morgan fingerprint density at radius 1 is 0.957 bits per heavy atom. The van der Waals surface area contributed by atoms with Gasteiger partial charge in [-0.2, -0.15) is 0 Å². The standard InChI is InChI=1S/C35H43ClN2O8/c1-25(39)37-16-14-27-8-11-29(36)22-33(27)45-20-21-46-34-23-38(35(40)41)17-15-31(34)26-9-12-30(13-10-26)44-19-5-18-43-24-28-6-3-4-7-32(28)42-2/h3-4,6-13,22,31,34H,5,14-21,23-24H2,1-2H3,(H,37,39)(H,40,41). The second-order valence-electron chi connectivity index (χ2n) is 11.0. The van der Waals surface area contributed by atoms with Crippen molar-refractivity contribution < 1.29 is 38.4 Å². The van der Waals surface area contributed by atoms with E-state index in [1.165, 1.54) is 11.8 Å². The summed E-state index contributed by atoms with van der Waals surface area (Å²) in [7, 11) is 1.65. The molecule has 10 nitrogen and oxygen atoms in total. The lowest BCUT2D eigenvalue weighted by molar-refractivity contribution is -0.118. The summed E-state index contributed by atoms with van der Waals surface area (Å²) in [6, 6.07) is 21.1. The Labute approximate surface area is 275 Å². The van der Waals surface area contributed by atoms with Gasteiger partial charge in [0.15, 0.2) is 0 Å². The van der Waals surface area contributed by atoms with Gasteiger partial charge in [-0.1, -0.05) is 48.0 Å². The fraction of sp³-hybridized carbons (Fsp3) is 0.429. The molecule has 1 saturated heterocycles. The Morgan fingerprint density at radius 2 is 1.76 bits per heavy atom. The number of para-hydroxylation sites is 1. The predicted octanol–water partition coefficient (Wildman–Crippen LogP) is 5.94. The molecular formula is C35H43ClN2O8. The molecule has 1 aliphatic rings. The molecule has 2 N–H and O–H groups in total. The average molecular weight is 655 g/mol. The molecule has 2 unspecified atom stereocenters. The fourth-order valence-corrected chi connectivity index (χ4v) is 5.56. The minimum Gasteiger partial charge on any atom is -0.496 e. The first-order chi connectivity index (χ1) is 22.3. The number of hydrogen-bond donors (Lipinski definition) is 2. The number of methoxy groups -OCH3 is 1. The van der Waals surface area contributed by atoms with Crippen LogP contribution in [-0.2, 0) is 27.3 Å². The number of halogens is 1. The predicted molar refractivity (Wildman–Crippen MR) is 175 cm³/mol. The first kappa shape index (κ1) is 34.9. The molecule has 0 spiro atoms. The second-order valence-corrected chi connectivity index (χ2v) is 11.4. The van der Waals surface area contributed by atoms with E-state index in [1.807, 2.05) is 54.6 Å². The number of nitrogens with one attached hydrogen (secondary N) is 1. The lowest BCUT2D eigenvalue weighted by Crippen LogP contribution is -2.46. The maximum atomic E-state index is 11.7. The zero-order valence-electron chi connectivity index (χ0n) is 26.4. The highest BCUT2D eigenvalue weighted by Crippen LogP contribution is 2.32. The summed E-state index contributed by atoms with van der Waals surface area (Å²) >= 11 is 6.20. The van der Waals surface area contributed by atoms with E-state index in [2.05, 4.69) is 5.32 Å². The highest BCUT2D eigenvalue weighted by molar-refractivity contribution is 6.30. The smallest absolute Gasteiger partial charge is 0.407 e. The highest BCUT2D eigenvalue weighted by Gasteiger charge is 2.33. The van der Waals surface area contributed by atoms with E-state index in [9.17, 15) is 14.7 Å². The number of nitrogens with zero attached hydrogens (tertiary/aromatic N) is 1. The van der Waals surface area contributed by atoms with E-state index >= 15 is 0 Å². The molecule has 1 fully saturated rings. The van der Waals surface area contributed by atoms with Crippen molar-refractivity contribution >= 4 is 23.6 Å². The molecule has 0 aliphatic carbocycles. The third-order valence-corrected chi connectivity index (χ3v) is 8.00. The van der Waals surface area contributed by atoms with Gasteiger partial charge >= 0.3 is 6.09 Å². The summed E-state index contributed by atoms with van der Waals surface area (Å²) in [5, 5.41) is 13.0. The normalized spacial score (nSPS) is 16.1. The number of carbonyl (C=O) groups is 2. The SMILES string of the molecule is COc1ccccc1COCCCOc1ccc(C2CCN(C(=O)O)CC2OCCOc2cc(Cl)ccc2CCNC(C)=O)cc1. The second kappa shape index (κ2) is 18.2. The molecule has 0 saturated carbocycles. The van der Waals surface area contributed by atoms with Crippen LogP contribution in [0.3, 0.4) is 0 Å². The van der Waals surface area contributed by atoms with Crippen LogP contribution in [0.4, 0.5) is 4.79 Å². The van der Waals surface area contributed by atoms with Crippen LogP contribution in [0.1, 0.15) is 42.4 Å². The number of rotatable bonds is 17. The van der Waals surface area contributed by atoms with Crippen LogP contribution < -0.4 is 19.5 Å². The minimum absolute atomic E-state index is 0.0208. The van der Waals surface area contributed by atoms with Gasteiger partial charge in [0.25, 0.3) is 0 Å². The molecule has 2 amide bonds. The highest BCUT2D eigenvalue weighted by atomic mass is 35.5. The van der Waals surface area contributed by atoms with Gasteiger partial charge in [0.2, 0.25) is 5.91 Å². The van der Waals surface area contributed by atoms with Gasteiger partial charge in [-0.15, -0.1) is 0 Å². The van der Waals surface area contributed by atoms with Gasteiger partial charge in [-0.05, 0) is 54.3 Å². The van der Waals surface area contributed by atoms with E-state index < -0.39 is 6.09 Å². The van der Waals surface area contributed by atoms with Crippen LogP contribution in [0.25, 0.3) is 0 Å². The van der Waals surface area contributed by atoms with Crippen molar-refractivity contribution in [2.45, 2.75) is 44.8 Å². The van der Waals surface area contributed by atoms with Crippen molar-refractivity contribution in [2.24, 2.45) is 0 Å². The van der Waals surface area contributed by atoms with E-state index in [0.717, 1.165) is 34.6 Å². The Hall–Kier alpha value is -3.99. The first-order valence-electron chi connectivity index (χ1n) is 15.5. The maximum absolute atomic E-state index is 11.7. The van der Waals surface area contributed by atoms with Gasteiger partial charge in [0, 0.05) is 42.9 Å². The summed E-state index contributed by atoms with van der Waals surface area (Å²) in [6.07, 6.45) is 0.696. The van der Waals surface area contributed by atoms with Crippen LogP contribution in [0, 0.1) is 0 Å². The molecular weight excluding hydrogens is 612 g/mol. The molecule has 0 bridgehead atoms. The van der Waals surface area contributed by atoms with Crippen LogP contribution >= 0.6 is 11.6 Å². The number of benzene rings is 3. The largest absolute Gasteiger partial charge is 0.496 e. The topological polar surface area (TPSA) is 116 Å². The molecule has 1 aliphatic heterocycles. The average Bonchev–Trinajstić information content (AvgIpc) is 3.06. The molecule has 3 aromatic rings. The Balaban J connectivity index is 1.25. The summed E-state index contributed by atoms with van der Waals surface area (Å²) in [5.74, 6) is 2.14. The van der Waals surface area contributed by atoms with Crippen molar-refractivity contribution in [3.8, 4) is 17.2 Å². The monoisotopic (exact) mass is 654 g/mol. The van der Waals surface area contributed by atoms with Crippen LogP contribution in [0.15, 0.2) is 66.7 Å². The van der Waals surface area contributed by atoms with Gasteiger partial charge < -0.3 is 39.0 Å². The lowest BCUT2D eigenvalue weighted by atomic mass is 9.87. The number of carbonyl (C=O) groups excluding carboxylic acids is 1. The van der Waals surface area contributed by atoms with Crippen molar-refractivity contribution in [2.75, 3.05) is 53.2 Å². The number of ether oxygens (including phenoxy) is 5. The number of amides is 2. The lowest BCUT2D eigenvalue weighted by Gasteiger charge is -2.37. The molecule has 1 heterocycles. The summed E-state index contributed by atoms with van der Waals surface area (Å²) in [6.45, 7) is 4.78. The molecule has 46 heavy (non-hydrogen) atoms. The van der Waals surface area contributed by atoms with E-state index in [0.29, 0.717) is 56.5 Å². The van der Waals surface area contributed by atoms with Crippen LogP contribution in [0.5, 0.6) is 17.2 Å². The molecule has 4 rings (SSSR count). The number of piperidine rings is 1. The Bertz CT molecular complexity index is 1400. The summed E-state index contributed by atoms with van der Waals surface area (Å²) < 4.78 is 29.3. The van der Waals surface area contributed by atoms with Gasteiger partial charge in [-0.3, -0.25) is 4.79 Å². The number of hydrogen-bond acceptors (Lipinski definition) is 7. The molecule has 3 aromatic carbocycles. The zero-order chi connectivity index (χ0) is 32.7. The fourth-order valence-electron chi connectivity index (χ4n) is 5.40. The van der Waals surface area contributed by atoms with Crippen molar-refractivity contribution in [3.05, 3.63) is 88.4 Å². The summed E-state index contributed by atoms with van der Waals surface area (Å²) in [4.78, 5) is 24.4. The Morgan fingerprint density at radius 3 is 2.52 bits per heavy atom. The molecule has 11 heteroatoms. The van der Waals surface area contributed by atoms with Crippen molar-refractivity contribution in [1.29, 1.82) is 0 Å². The molecule has 0 radical (unpaired) electrons. The van der Waals surface area contributed by atoms with Crippen molar-refractivity contribution in [1.82, 2.24) is 10.2 Å². The quantitative estimate of drug-likeness (QED) is 0.172. The van der Waals surface area contributed by atoms with E-state index in [4.69, 9.17) is 35.3 Å². The molecule has 2 atom stereocenters. The van der Waals surface area contributed by atoms with Gasteiger partial charge in [0.1, 0.15) is 23.9 Å². The third kappa shape index (κ3) is 10.8. The maximum Gasteiger partial charge on any atom is 0.407 e. The van der Waals surface area contributed by atoms with Crippen molar-refractivity contribution in [3.63, 3.8) is 0 Å². The van der Waals surface area contributed by atoms with Gasteiger partial charge in [-0.25, -0.2) is 4.79 Å². The number of likely N-dealkylation sites (tertiary alicyclic amines) is 1. The van der Waals surface area contributed by atoms with Crippen LogP contribution in [0.2, 0.25) is 5.02 Å². The zero-order valence-corrected chi connectivity index (χ0v) is 27.2. The van der Waals surface area contributed by atoms with E-state index in [1.54, 1.807) is 19.2 Å². The van der Waals surface area contributed by atoms with Crippen LogP contribution in [-0.4, -0.2) is 81.3 Å². The third-order valence-electron chi connectivity index (χ3n) is 7.76. The van der Waals surface area contributed by atoms with Gasteiger partial charge in [0.05, 0.1) is 46.2 Å². The molecule has 248 valence electrons. The Kier molecular flexibility index (Phi) is 13.8. The first-order valence-corrected chi connectivity index (χ1v) is 15.9.